The lowest BCUT2D eigenvalue weighted by molar-refractivity contribution is -0.384. The van der Waals surface area contributed by atoms with E-state index in [9.17, 15) is 18.5 Å². The molecule has 3 aromatic rings. The van der Waals surface area contributed by atoms with Gasteiger partial charge in [0.25, 0.3) is 5.69 Å². The molecule has 0 radical (unpaired) electrons. The Hall–Kier alpha value is -2.78. The number of hydrogen-bond donors (Lipinski definition) is 2. The topological polar surface area (TPSA) is 118 Å². The number of benzene rings is 2. The molecule has 0 aliphatic heterocycles. The van der Waals surface area contributed by atoms with Crippen molar-refractivity contribution in [3.63, 3.8) is 0 Å². The third-order valence-corrected chi connectivity index (χ3v) is 5.32. The monoisotopic (exact) mass is 360 g/mol. The van der Waals surface area contributed by atoms with Crippen LogP contribution in [0.25, 0.3) is 11.0 Å². The summed E-state index contributed by atoms with van der Waals surface area (Å²) in [6.07, 6.45) is 0. The largest absolute Gasteiger partial charge is 0.340 e. The molecule has 0 saturated heterocycles. The number of fused-ring (bicyclic) bond motifs is 1. The molecule has 3 rings (SSSR count). The smallest absolute Gasteiger partial charge is 0.271 e. The summed E-state index contributed by atoms with van der Waals surface area (Å²) < 4.78 is 27.4. The summed E-state index contributed by atoms with van der Waals surface area (Å²) in [6, 6.07) is 10.1. The van der Waals surface area contributed by atoms with Gasteiger partial charge in [0.2, 0.25) is 10.0 Å². The summed E-state index contributed by atoms with van der Waals surface area (Å²) in [5, 5.41) is 10.8. The number of rotatable bonds is 5. The van der Waals surface area contributed by atoms with E-state index in [1.54, 1.807) is 19.1 Å². The highest BCUT2D eigenvalue weighted by Gasteiger charge is 2.21. The lowest BCUT2D eigenvalue weighted by Crippen LogP contribution is -2.27. The molecule has 1 atom stereocenters. The molecule has 0 spiro atoms. The Morgan fingerprint density at radius 2 is 1.88 bits per heavy atom. The number of nitro benzene ring substituents is 1. The highest BCUT2D eigenvalue weighted by atomic mass is 32.2. The number of nitro groups is 1. The molecule has 9 heteroatoms. The zero-order chi connectivity index (χ0) is 18.2. The van der Waals surface area contributed by atoms with E-state index in [4.69, 9.17) is 0 Å². The van der Waals surface area contributed by atoms with Crippen LogP contribution in [0.2, 0.25) is 0 Å². The van der Waals surface area contributed by atoms with Gasteiger partial charge in [0.05, 0.1) is 26.9 Å². The van der Waals surface area contributed by atoms with Gasteiger partial charge >= 0.3 is 0 Å². The van der Waals surface area contributed by atoms with Crippen molar-refractivity contribution < 1.29 is 13.3 Å². The molecule has 130 valence electrons. The van der Waals surface area contributed by atoms with E-state index in [2.05, 4.69) is 14.7 Å². The second-order valence-electron chi connectivity index (χ2n) is 5.74. The number of aryl methyl sites for hydroxylation is 1. The molecule has 25 heavy (non-hydrogen) atoms. The molecule has 2 N–H and O–H groups in total. The van der Waals surface area contributed by atoms with Gasteiger partial charge in [-0.05, 0) is 32.0 Å². The highest BCUT2D eigenvalue weighted by Crippen LogP contribution is 2.22. The van der Waals surface area contributed by atoms with E-state index in [0.717, 1.165) is 5.56 Å². The lowest BCUT2D eigenvalue weighted by atomic mass is 10.2. The Balaban J connectivity index is 1.87. The summed E-state index contributed by atoms with van der Waals surface area (Å²) in [7, 11) is -3.70. The molecular weight excluding hydrogens is 344 g/mol. The minimum atomic E-state index is -3.70. The molecule has 0 saturated carbocycles. The van der Waals surface area contributed by atoms with Crippen molar-refractivity contribution in [2.24, 2.45) is 0 Å². The molecule has 0 fully saturated rings. The Morgan fingerprint density at radius 3 is 2.52 bits per heavy atom. The van der Waals surface area contributed by atoms with Crippen molar-refractivity contribution in [1.29, 1.82) is 0 Å². The van der Waals surface area contributed by atoms with Gasteiger partial charge in [-0.2, -0.15) is 0 Å². The highest BCUT2D eigenvalue weighted by molar-refractivity contribution is 7.89. The van der Waals surface area contributed by atoms with Crippen molar-refractivity contribution in [2.45, 2.75) is 24.8 Å². The summed E-state index contributed by atoms with van der Waals surface area (Å²) in [5.74, 6) is 0.381. The average Bonchev–Trinajstić information content (AvgIpc) is 2.98. The molecule has 0 aliphatic rings. The zero-order valence-corrected chi connectivity index (χ0v) is 14.4. The maximum absolute atomic E-state index is 12.4. The predicted octanol–water partition coefficient (Wildman–Crippen LogP) is 2.82. The summed E-state index contributed by atoms with van der Waals surface area (Å²) in [4.78, 5) is 17.7. The van der Waals surface area contributed by atoms with Crippen LogP contribution in [0.3, 0.4) is 0 Å². The molecule has 1 aromatic heterocycles. The normalized spacial score (nSPS) is 13.0. The first kappa shape index (κ1) is 17.1. The molecule has 8 nitrogen and oxygen atoms in total. The van der Waals surface area contributed by atoms with Gasteiger partial charge in [0, 0.05) is 12.1 Å². The van der Waals surface area contributed by atoms with Crippen LogP contribution in [-0.4, -0.2) is 23.3 Å². The van der Waals surface area contributed by atoms with Crippen molar-refractivity contribution in [3.8, 4) is 0 Å². The van der Waals surface area contributed by atoms with E-state index in [1.165, 1.54) is 30.3 Å². The molecular formula is C16H16N4O4S. The fourth-order valence-electron chi connectivity index (χ4n) is 2.41. The standard InChI is InChI=1S/C16H16N4O4S/c1-10-3-6-13(7-4-10)25(23,24)19-11(2)16-17-14-8-5-12(20(21)22)9-15(14)18-16/h3-9,11,19H,1-2H3,(H,17,18). The second kappa shape index (κ2) is 6.26. The average molecular weight is 360 g/mol. The van der Waals surface area contributed by atoms with Gasteiger partial charge in [-0.3, -0.25) is 10.1 Å². The van der Waals surface area contributed by atoms with Crippen LogP contribution in [0.1, 0.15) is 24.4 Å². The predicted molar refractivity (Wildman–Crippen MR) is 92.7 cm³/mol. The first-order valence-corrected chi connectivity index (χ1v) is 8.97. The molecule has 1 heterocycles. The van der Waals surface area contributed by atoms with E-state index in [0.29, 0.717) is 16.9 Å². The van der Waals surface area contributed by atoms with Crippen LogP contribution in [0.15, 0.2) is 47.4 Å². The van der Waals surface area contributed by atoms with Gasteiger partial charge in [0.1, 0.15) is 5.82 Å². The summed E-state index contributed by atoms with van der Waals surface area (Å²) in [5.41, 5.74) is 1.91. The maximum atomic E-state index is 12.4. The Morgan fingerprint density at radius 1 is 1.20 bits per heavy atom. The second-order valence-corrected chi connectivity index (χ2v) is 7.45. The molecule has 0 amide bonds. The van der Waals surface area contributed by atoms with E-state index >= 15 is 0 Å². The third-order valence-electron chi connectivity index (χ3n) is 3.77. The van der Waals surface area contributed by atoms with Crippen molar-refractivity contribution >= 4 is 26.7 Å². The Bertz CT molecular complexity index is 1040. The lowest BCUT2D eigenvalue weighted by Gasteiger charge is -2.12. The Kier molecular flexibility index (Phi) is 4.27. The minimum absolute atomic E-state index is 0.0596. The van der Waals surface area contributed by atoms with Gasteiger partial charge in [-0.25, -0.2) is 18.1 Å². The fourth-order valence-corrected chi connectivity index (χ4v) is 3.62. The molecule has 0 bridgehead atoms. The Labute approximate surface area is 144 Å². The SMILES string of the molecule is Cc1ccc(S(=O)(=O)NC(C)c2nc3ccc([N+](=O)[O-])cc3[nH]2)cc1. The van der Waals surface area contributed by atoms with Crippen LogP contribution < -0.4 is 4.72 Å². The molecule has 2 aromatic carbocycles. The van der Waals surface area contributed by atoms with Crippen molar-refractivity contribution in [2.75, 3.05) is 0 Å². The first-order chi connectivity index (χ1) is 11.8. The van der Waals surface area contributed by atoms with E-state index < -0.39 is 21.0 Å². The third kappa shape index (κ3) is 3.52. The van der Waals surface area contributed by atoms with Gasteiger partial charge in [-0.15, -0.1) is 0 Å². The fraction of sp³-hybridized carbons (Fsp3) is 0.188. The number of nitrogens with one attached hydrogen (secondary N) is 2. The van der Waals surface area contributed by atoms with Crippen LogP contribution >= 0.6 is 0 Å². The number of imidazole rings is 1. The molecule has 0 aliphatic carbocycles. The van der Waals surface area contributed by atoms with Gasteiger partial charge in [0.15, 0.2) is 0 Å². The van der Waals surface area contributed by atoms with Gasteiger partial charge in [-0.1, -0.05) is 17.7 Å². The quantitative estimate of drug-likeness (QED) is 0.536. The summed E-state index contributed by atoms with van der Waals surface area (Å²) >= 11 is 0. The number of non-ortho nitro benzene ring substituents is 1. The van der Waals surface area contributed by atoms with Crippen LogP contribution in [-0.2, 0) is 10.0 Å². The minimum Gasteiger partial charge on any atom is -0.340 e. The van der Waals surface area contributed by atoms with Crippen LogP contribution in [0.5, 0.6) is 0 Å². The number of hydrogen-bond acceptors (Lipinski definition) is 5. The van der Waals surface area contributed by atoms with E-state index in [-0.39, 0.29) is 10.6 Å². The van der Waals surface area contributed by atoms with Gasteiger partial charge < -0.3 is 4.98 Å². The maximum Gasteiger partial charge on any atom is 0.271 e. The number of aromatic amines is 1. The number of nitrogens with zero attached hydrogens (tertiary/aromatic N) is 2. The first-order valence-electron chi connectivity index (χ1n) is 7.49. The van der Waals surface area contributed by atoms with E-state index in [1.807, 2.05) is 6.92 Å². The van der Waals surface area contributed by atoms with Crippen LogP contribution in [0.4, 0.5) is 5.69 Å². The van der Waals surface area contributed by atoms with Crippen molar-refractivity contribution in [1.82, 2.24) is 14.7 Å². The zero-order valence-electron chi connectivity index (χ0n) is 13.6. The number of H-pyrrole nitrogens is 1. The number of aromatic nitrogens is 2. The van der Waals surface area contributed by atoms with Crippen LogP contribution in [0, 0.1) is 17.0 Å². The number of sulfonamides is 1. The molecule has 1 unspecified atom stereocenters. The van der Waals surface area contributed by atoms with Crippen molar-refractivity contribution in [3.05, 3.63) is 64.0 Å². The summed E-state index contributed by atoms with van der Waals surface area (Å²) in [6.45, 7) is 3.53.